The van der Waals surface area contributed by atoms with Crippen molar-refractivity contribution in [1.29, 1.82) is 0 Å². The van der Waals surface area contributed by atoms with Crippen LogP contribution in [0.2, 0.25) is 0 Å². The van der Waals surface area contributed by atoms with E-state index in [1.165, 1.54) is 36.6 Å². The average molecular weight is 288 g/mol. The van der Waals surface area contributed by atoms with Crippen LogP contribution in [-0.2, 0) is 0 Å². The molecule has 1 saturated carbocycles. The van der Waals surface area contributed by atoms with E-state index < -0.39 is 0 Å². The topological polar surface area (TPSA) is 42.7 Å². The highest BCUT2D eigenvalue weighted by molar-refractivity contribution is 5.50. The summed E-state index contributed by atoms with van der Waals surface area (Å²) in [5.74, 6) is 0.945. The number of aromatic nitrogens is 3. The van der Waals surface area contributed by atoms with Crippen molar-refractivity contribution >= 4 is 5.69 Å². The van der Waals surface area contributed by atoms with E-state index in [0.29, 0.717) is 23.6 Å². The van der Waals surface area contributed by atoms with Gasteiger partial charge in [-0.3, -0.25) is 0 Å². The zero-order valence-electron chi connectivity index (χ0n) is 12.5. The predicted molar refractivity (Wildman–Crippen MR) is 80.9 cm³/mol. The van der Waals surface area contributed by atoms with Crippen LogP contribution in [0.3, 0.4) is 0 Å². The molecule has 2 unspecified atom stereocenters. The van der Waals surface area contributed by atoms with Gasteiger partial charge in [-0.2, -0.15) is 5.10 Å². The van der Waals surface area contributed by atoms with E-state index in [1.807, 2.05) is 6.07 Å². The van der Waals surface area contributed by atoms with Gasteiger partial charge in [-0.1, -0.05) is 20.3 Å². The molecule has 0 radical (unpaired) electrons. The molecule has 5 heteroatoms. The Morgan fingerprint density at radius 1 is 1.24 bits per heavy atom. The van der Waals surface area contributed by atoms with E-state index in [0.717, 1.165) is 5.69 Å². The minimum atomic E-state index is -0.290. The molecule has 0 aliphatic heterocycles. The quantitative estimate of drug-likeness (QED) is 0.937. The molecule has 1 aliphatic carbocycles. The number of benzene rings is 1. The van der Waals surface area contributed by atoms with E-state index in [9.17, 15) is 4.39 Å². The summed E-state index contributed by atoms with van der Waals surface area (Å²) in [6.07, 6.45) is 6.66. The van der Waals surface area contributed by atoms with Crippen LogP contribution in [0.4, 0.5) is 10.1 Å². The monoisotopic (exact) mass is 288 g/mol. The van der Waals surface area contributed by atoms with Gasteiger partial charge in [0, 0.05) is 11.7 Å². The van der Waals surface area contributed by atoms with Crippen LogP contribution in [0.5, 0.6) is 0 Å². The molecule has 112 valence electrons. The Kier molecular flexibility index (Phi) is 3.90. The molecule has 1 aromatic carbocycles. The maximum Gasteiger partial charge on any atom is 0.150 e. The van der Waals surface area contributed by atoms with Crippen LogP contribution >= 0.6 is 0 Å². The highest BCUT2D eigenvalue weighted by Crippen LogP contribution is 2.31. The molecule has 2 atom stereocenters. The van der Waals surface area contributed by atoms with Crippen molar-refractivity contribution in [3.05, 3.63) is 36.7 Å². The molecule has 0 amide bonds. The van der Waals surface area contributed by atoms with Gasteiger partial charge in [0.05, 0.1) is 0 Å². The summed E-state index contributed by atoms with van der Waals surface area (Å²) < 4.78 is 15.7. The van der Waals surface area contributed by atoms with Crippen molar-refractivity contribution in [3.63, 3.8) is 0 Å². The van der Waals surface area contributed by atoms with E-state index >= 15 is 0 Å². The lowest BCUT2D eigenvalue weighted by Gasteiger charge is -2.36. The first-order valence-electron chi connectivity index (χ1n) is 7.56. The number of halogens is 1. The first-order valence-corrected chi connectivity index (χ1v) is 7.56. The number of hydrogen-bond donors (Lipinski definition) is 1. The minimum Gasteiger partial charge on any atom is -0.382 e. The molecular weight excluding hydrogens is 267 g/mol. The van der Waals surface area contributed by atoms with E-state index in [1.54, 1.807) is 12.1 Å². The minimum absolute atomic E-state index is 0.290. The van der Waals surface area contributed by atoms with Crippen LogP contribution in [-0.4, -0.2) is 20.8 Å². The lowest BCUT2D eigenvalue weighted by atomic mass is 9.78. The highest BCUT2D eigenvalue weighted by Gasteiger charge is 2.27. The van der Waals surface area contributed by atoms with Gasteiger partial charge in [0.1, 0.15) is 18.3 Å². The third-order valence-corrected chi connectivity index (χ3v) is 4.49. The highest BCUT2D eigenvalue weighted by atomic mass is 19.1. The van der Waals surface area contributed by atoms with Gasteiger partial charge in [-0.05, 0) is 42.9 Å². The molecule has 0 saturated heterocycles. The summed E-state index contributed by atoms with van der Waals surface area (Å²) in [5, 5.41) is 7.47. The number of rotatable bonds is 3. The van der Waals surface area contributed by atoms with Crippen LogP contribution in [0, 0.1) is 17.7 Å². The maximum atomic E-state index is 14.2. The Hall–Kier alpha value is -1.91. The van der Waals surface area contributed by atoms with Gasteiger partial charge in [0.2, 0.25) is 0 Å². The zero-order valence-corrected chi connectivity index (χ0v) is 12.5. The van der Waals surface area contributed by atoms with Crippen molar-refractivity contribution in [2.45, 2.75) is 39.2 Å². The van der Waals surface area contributed by atoms with Gasteiger partial charge in [-0.25, -0.2) is 14.1 Å². The molecule has 21 heavy (non-hydrogen) atoms. The Morgan fingerprint density at radius 2 is 2.00 bits per heavy atom. The number of hydrogen-bond acceptors (Lipinski definition) is 3. The first kappa shape index (κ1) is 14.0. The number of nitrogens with zero attached hydrogens (tertiary/aromatic N) is 3. The van der Waals surface area contributed by atoms with Crippen molar-refractivity contribution in [1.82, 2.24) is 14.8 Å². The molecule has 1 heterocycles. The Bertz CT molecular complexity index is 586. The summed E-state index contributed by atoms with van der Waals surface area (Å²) in [5.41, 5.74) is 1.25. The van der Waals surface area contributed by atoms with Crippen molar-refractivity contribution in [2.24, 2.45) is 11.8 Å². The third-order valence-electron chi connectivity index (χ3n) is 4.49. The molecule has 1 aliphatic rings. The van der Waals surface area contributed by atoms with Crippen LogP contribution < -0.4 is 5.32 Å². The summed E-state index contributed by atoms with van der Waals surface area (Å²) >= 11 is 0. The van der Waals surface area contributed by atoms with Gasteiger partial charge in [0.15, 0.2) is 5.82 Å². The second-order valence-corrected chi connectivity index (χ2v) is 6.06. The second kappa shape index (κ2) is 5.84. The molecule has 1 fully saturated rings. The van der Waals surface area contributed by atoms with Crippen LogP contribution in [0.15, 0.2) is 30.9 Å². The summed E-state index contributed by atoms with van der Waals surface area (Å²) in [6, 6.07) is 5.61. The van der Waals surface area contributed by atoms with Gasteiger partial charge in [0.25, 0.3) is 0 Å². The summed E-state index contributed by atoms with van der Waals surface area (Å²) in [4.78, 5) is 3.85. The first-order chi connectivity index (χ1) is 10.1. The molecule has 0 spiro atoms. The molecule has 1 aromatic heterocycles. The van der Waals surface area contributed by atoms with E-state index in [4.69, 9.17) is 0 Å². The molecule has 4 nitrogen and oxygen atoms in total. The average Bonchev–Trinajstić information content (AvgIpc) is 2.97. The number of anilines is 1. The Morgan fingerprint density at radius 3 is 2.62 bits per heavy atom. The normalized spacial score (nSPS) is 25.8. The van der Waals surface area contributed by atoms with E-state index in [-0.39, 0.29) is 5.82 Å². The SMILES string of the molecule is CC1CCCC(C)C1Nc1ccc(-n2cncn2)c(F)c1. The molecule has 3 rings (SSSR count). The van der Waals surface area contributed by atoms with Gasteiger partial charge >= 0.3 is 0 Å². The van der Waals surface area contributed by atoms with Crippen molar-refractivity contribution < 1.29 is 4.39 Å². The lowest BCUT2D eigenvalue weighted by Crippen LogP contribution is -2.37. The van der Waals surface area contributed by atoms with Crippen molar-refractivity contribution in [2.75, 3.05) is 5.32 Å². The fourth-order valence-corrected chi connectivity index (χ4v) is 3.27. The Labute approximate surface area is 124 Å². The fourth-order valence-electron chi connectivity index (χ4n) is 3.27. The standard InChI is InChI=1S/C16H21FN4/c1-11-4-3-5-12(2)16(11)20-13-6-7-15(14(17)8-13)21-10-18-9-19-21/h6-12,16,20H,3-5H2,1-2H3. The van der Waals surface area contributed by atoms with Crippen molar-refractivity contribution in [3.8, 4) is 5.69 Å². The second-order valence-electron chi connectivity index (χ2n) is 6.06. The van der Waals surface area contributed by atoms with E-state index in [2.05, 4.69) is 29.2 Å². The predicted octanol–water partition coefficient (Wildman–Crippen LogP) is 3.64. The van der Waals surface area contributed by atoms with Gasteiger partial charge < -0.3 is 5.32 Å². The fraction of sp³-hybridized carbons (Fsp3) is 0.500. The molecule has 1 N–H and O–H groups in total. The lowest BCUT2D eigenvalue weighted by molar-refractivity contribution is 0.268. The third kappa shape index (κ3) is 2.91. The summed E-state index contributed by atoms with van der Waals surface area (Å²) in [7, 11) is 0. The zero-order chi connectivity index (χ0) is 14.8. The largest absolute Gasteiger partial charge is 0.382 e. The summed E-state index contributed by atoms with van der Waals surface area (Å²) in [6.45, 7) is 4.54. The van der Waals surface area contributed by atoms with Gasteiger partial charge in [-0.15, -0.1) is 0 Å². The molecular formula is C16H21FN4. The van der Waals surface area contributed by atoms with Crippen LogP contribution in [0.1, 0.15) is 33.1 Å². The maximum absolute atomic E-state index is 14.2. The smallest absolute Gasteiger partial charge is 0.150 e. The molecule has 0 bridgehead atoms. The van der Waals surface area contributed by atoms with Crippen LogP contribution in [0.25, 0.3) is 5.69 Å². The molecule has 2 aromatic rings. The Balaban J connectivity index is 1.79. The number of nitrogens with one attached hydrogen (secondary N) is 1.